The molecule has 2 aromatic heterocycles. The zero-order chi connectivity index (χ0) is 25.7. The highest BCUT2D eigenvalue weighted by Crippen LogP contribution is 2.39. The molecule has 2 heterocycles. The molecule has 0 radical (unpaired) electrons. The molecule has 0 aliphatic heterocycles. The lowest BCUT2D eigenvalue weighted by Gasteiger charge is -2.18. The van der Waals surface area contributed by atoms with Crippen LogP contribution < -0.4 is 30.8 Å². The molecule has 10 nitrogen and oxygen atoms in total. The minimum atomic E-state index is -0.527. The summed E-state index contributed by atoms with van der Waals surface area (Å²) in [7, 11) is 2.94. The number of fused-ring (bicyclic) bond motifs is 1. The summed E-state index contributed by atoms with van der Waals surface area (Å²) in [5.74, 6) is 0.739. The SMILES string of the molecule is CCCc1cnc2c(c1NC(=O)c1cc(OCC)c(OCC)c(OCC)c1)c(=O)n(C)c(=O)n2C. The Morgan fingerprint density at radius 1 is 0.943 bits per heavy atom. The summed E-state index contributed by atoms with van der Waals surface area (Å²) in [6, 6.07) is 3.17. The summed E-state index contributed by atoms with van der Waals surface area (Å²) in [6.45, 7) is 8.66. The average molecular weight is 485 g/mol. The number of amides is 1. The van der Waals surface area contributed by atoms with Gasteiger partial charge in [0.1, 0.15) is 5.39 Å². The fraction of sp³-hybridized carbons (Fsp3) is 0.440. The van der Waals surface area contributed by atoms with Gasteiger partial charge in [-0.3, -0.25) is 18.7 Å². The summed E-state index contributed by atoms with van der Waals surface area (Å²) in [4.78, 5) is 43.3. The number of benzene rings is 1. The molecule has 0 bridgehead atoms. The zero-order valence-electron chi connectivity index (χ0n) is 21.1. The van der Waals surface area contributed by atoms with Crippen LogP contribution in [-0.2, 0) is 20.5 Å². The van der Waals surface area contributed by atoms with Gasteiger partial charge in [-0.1, -0.05) is 13.3 Å². The molecular weight excluding hydrogens is 452 g/mol. The van der Waals surface area contributed by atoms with Gasteiger partial charge < -0.3 is 19.5 Å². The highest BCUT2D eigenvalue weighted by Gasteiger charge is 2.22. The van der Waals surface area contributed by atoms with E-state index in [-0.39, 0.29) is 16.6 Å². The van der Waals surface area contributed by atoms with Crippen molar-refractivity contribution in [2.45, 2.75) is 40.5 Å². The fourth-order valence-electron chi connectivity index (χ4n) is 3.87. The van der Waals surface area contributed by atoms with Crippen molar-refractivity contribution in [2.75, 3.05) is 25.1 Å². The minimum absolute atomic E-state index is 0.176. The van der Waals surface area contributed by atoms with E-state index in [2.05, 4.69) is 10.3 Å². The van der Waals surface area contributed by atoms with Crippen LogP contribution in [0.2, 0.25) is 0 Å². The van der Waals surface area contributed by atoms with Crippen molar-refractivity contribution in [3.63, 3.8) is 0 Å². The van der Waals surface area contributed by atoms with Crippen LogP contribution in [0.5, 0.6) is 17.2 Å². The number of hydrogen-bond acceptors (Lipinski definition) is 7. The van der Waals surface area contributed by atoms with E-state index < -0.39 is 17.2 Å². The molecule has 1 aromatic carbocycles. The van der Waals surface area contributed by atoms with Gasteiger partial charge in [-0.05, 0) is 44.9 Å². The summed E-state index contributed by atoms with van der Waals surface area (Å²) < 4.78 is 19.5. The monoisotopic (exact) mass is 484 g/mol. The Balaban J connectivity index is 2.20. The number of pyridine rings is 1. The molecule has 0 atom stereocenters. The summed E-state index contributed by atoms with van der Waals surface area (Å²) >= 11 is 0. The maximum atomic E-state index is 13.5. The fourth-order valence-corrected chi connectivity index (χ4v) is 3.87. The Hall–Kier alpha value is -3.82. The van der Waals surface area contributed by atoms with Crippen molar-refractivity contribution in [1.29, 1.82) is 0 Å². The van der Waals surface area contributed by atoms with E-state index in [0.717, 1.165) is 11.0 Å². The topological polar surface area (TPSA) is 114 Å². The third-order valence-electron chi connectivity index (χ3n) is 5.48. The second-order valence-corrected chi connectivity index (χ2v) is 7.87. The van der Waals surface area contributed by atoms with Crippen molar-refractivity contribution >= 4 is 22.6 Å². The van der Waals surface area contributed by atoms with Crippen LogP contribution in [-0.4, -0.2) is 39.8 Å². The number of aromatic nitrogens is 3. The molecule has 0 spiro atoms. The molecule has 1 N–H and O–H groups in total. The zero-order valence-corrected chi connectivity index (χ0v) is 21.1. The van der Waals surface area contributed by atoms with Crippen molar-refractivity contribution in [3.8, 4) is 17.2 Å². The van der Waals surface area contributed by atoms with E-state index in [1.165, 1.54) is 18.7 Å². The predicted molar refractivity (Wildman–Crippen MR) is 134 cm³/mol. The molecule has 3 aromatic rings. The maximum absolute atomic E-state index is 13.5. The number of nitrogens with one attached hydrogen (secondary N) is 1. The van der Waals surface area contributed by atoms with Gasteiger partial charge in [0.15, 0.2) is 17.1 Å². The molecule has 188 valence electrons. The van der Waals surface area contributed by atoms with Gasteiger partial charge in [0.05, 0.1) is 25.5 Å². The number of carbonyl (C=O) groups is 1. The van der Waals surface area contributed by atoms with Gasteiger partial charge in [0.25, 0.3) is 11.5 Å². The van der Waals surface area contributed by atoms with Crippen molar-refractivity contribution in [2.24, 2.45) is 14.1 Å². The summed E-state index contributed by atoms with van der Waals surface area (Å²) in [5, 5.41) is 3.08. The molecule has 0 fully saturated rings. The van der Waals surface area contributed by atoms with Gasteiger partial charge in [-0.25, -0.2) is 9.78 Å². The smallest absolute Gasteiger partial charge is 0.332 e. The number of hydrogen-bond donors (Lipinski definition) is 1. The normalized spacial score (nSPS) is 10.9. The molecular formula is C25H32N4O6. The molecule has 0 aliphatic carbocycles. The largest absolute Gasteiger partial charge is 0.490 e. The van der Waals surface area contributed by atoms with E-state index in [0.29, 0.717) is 54.7 Å². The molecule has 0 aliphatic rings. The number of ether oxygens (including phenoxy) is 3. The van der Waals surface area contributed by atoms with Gasteiger partial charge in [0.2, 0.25) is 5.75 Å². The third-order valence-corrected chi connectivity index (χ3v) is 5.48. The number of nitrogens with zero attached hydrogens (tertiary/aromatic N) is 3. The Labute approximate surface area is 203 Å². The van der Waals surface area contributed by atoms with Crippen LogP contribution in [0.25, 0.3) is 11.0 Å². The van der Waals surface area contributed by atoms with Crippen LogP contribution in [0, 0.1) is 0 Å². The highest BCUT2D eigenvalue weighted by molar-refractivity contribution is 6.09. The quantitative estimate of drug-likeness (QED) is 0.470. The van der Waals surface area contributed by atoms with E-state index >= 15 is 0 Å². The van der Waals surface area contributed by atoms with Gasteiger partial charge >= 0.3 is 5.69 Å². The van der Waals surface area contributed by atoms with E-state index in [9.17, 15) is 14.4 Å². The Morgan fingerprint density at radius 2 is 1.54 bits per heavy atom. The summed E-state index contributed by atoms with van der Waals surface area (Å²) in [5.41, 5.74) is 0.484. The second kappa shape index (κ2) is 11.1. The van der Waals surface area contributed by atoms with Crippen LogP contribution in [0.1, 0.15) is 50.0 Å². The first-order chi connectivity index (χ1) is 16.8. The van der Waals surface area contributed by atoms with E-state index in [1.807, 2.05) is 27.7 Å². The highest BCUT2D eigenvalue weighted by atomic mass is 16.5. The molecule has 1 amide bonds. The second-order valence-electron chi connectivity index (χ2n) is 7.87. The molecule has 0 unspecified atom stereocenters. The molecule has 0 saturated heterocycles. The number of rotatable bonds is 10. The van der Waals surface area contributed by atoms with Crippen LogP contribution in [0.3, 0.4) is 0 Å². The molecule has 3 rings (SSSR count). The van der Waals surface area contributed by atoms with Gasteiger partial charge in [-0.2, -0.15) is 0 Å². The average Bonchev–Trinajstić information content (AvgIpc) is 2.84. The first kappa shape index (κ1) is 25.8. The van der Waals surface area contributed by atoms with Crippen molar-refractivity contribution in [1.82, 2.24) is 14.1 Å². The Morgan fingerprint density at radius 3 is 2.09 bits per heavy atom. The van der Waals surface area contributed by atoms with Crippen molar-refractivity contribution in [3.05, 3.63) is 50.3 Å². The molecule has 10 heteroatoms. The maximum Gasteiger partial charge on any atom is 0.332 e. The van der Waals surface area contributed by atoms with Gasteiger partial charge in [0, 0.05) is 25.9 Å². The number of aryl methyl sites for hydroxylation is 2. The number of anilines is 1. The lowest BCUT2D eigenvalue weighted by molar-refractivity contribution is 0.102. The van der Waals surface area contributed by atoms with Crippen LogP contribution >= 0.6 is 0 Å². The first-order valence-electron chi connectivity index (χ1n) is 11.7. The lowest BCUT2D eigenvalue weighted by atomic mass is 10.1. The van der Waals surface area contributed by atoms with E-state index in [1.54, 1.807) is 18.3 Å². The lowest BCUT2D eigenvalue weighted by Crippen LogP contribution is -2.38. The molecule has 35 heavy (non-hydrogen) atoms. The third kappa shape index (κ3) is 5.01. The molecule has 0 saturated carbocycles. The van der Waals surface area contributed by atoms with E-state index in [4.69, 9.17) is 14.2 Å². The standard InChI is InChI=1S/C25H32N4O6/c1-7-11-15-14-26-22-19(24(31)29(6)25(32)28(22)5)20(15)27-23(30)16-12-17(33-8-2)21(35-10-4)18(13-16)34-9-3/h12-14H,7-11H2,1-6H3,(H,26,27,30). The minimum Gasteiger partial charge on any atom is -0.490 e. The number of carbonyl (C=O) groups excluding carboxylic acids is 1. The van der Waals surface area contributed by atoms with Crippen LogP contribution in [0.15, 0.2) is 27.9 Å². The summed E-state index contributed by atoms with van der Waals surface area (Å²) in [6.07, 6.45) is 2.95. The predicted octanol–water partition coefficient (Wildman–Crippen LogP) is 3.03. The Kier molecular flexibility index (Phi) is 8.16. The van der Waals surface area contributed by atoms with Crippen LogP contribution in [0.4, 0.5) is 5.69 Å². The van der Waals surface area contributed by atoms with Crippen molar-refractivity contribution < 1.29 is 19.0 Å². The Bertz CT molecular complexity index is 1330. The van der Waals surface area contributed by atoms with Gasteiger partial charge in [-0.15, -0.1) is 0 Å². The first-order valence-corrected chi connectivity index (χ1v) is 11.7.